The molecule has 1 aromatic carbocycles. The fraction of sp³-hybridized carbons (Fsp3) is 0.250. The molecule has 0 nitrogen and oxygen atoms in total. The number of alkyl halides is 3. The Hall–Kier alpha value is -0.990. The van der Waals surface area contributed by atoms with Crippen LogP contribution in [-0.2, 0) is 6.18 Å². The van der Waals surface area contributed by atoms with E-state index in [1.165, 1.54) is 0 Å². The zero-order valence-electron chi connectivity index (χ0n) is 8.16. The lowest BCUT2D eigenvalue weighted by atomic mass is 10.1. The lowest BCUT2D eigenvalue weighted by Gasteiger charge is -2.40. The van der Waals surface area contributed by atoms with Crippen LogP contribution in [0.25, 0.3) is 0 Å². The van der Waals surface area contributed by atoms with E-state index < -0.39 is 38.5 Å². The maximum Gasteiger partial charge on any atom is 0.416 e. The first kappa shape index (κ1) is 14.1. The van der Waals surface area contributed by atoms with Crippen molar-refractivity contribution in [2.75, 3.05) is 0 Å². The Balaban J connectivity index is 3.57. The van der Waals surface area contributed by atoms with Gasteiger partial charge in [-0.3, -0.25) is 0 Å². The van der Waals surface area contributed by atoms with Crippen molar-refractivity contribution < 1.29 is 32.6 Å². The summed E-state index contributed by atoms with van der Waals surface area (Å²) in [6, 6.07) is -0.210. The largest absolute Gasteiger partial charge is 0.416 e. The van der Waals surface area contributed by atoms with Crippen molar-refractivity contribution in [3.8, 4) is 0 Å². The summed E-state index contributed by atoms with van der Waals surface area (Å²) in [5.41, 5.74) is -2.29. The van der Waals surface area contributed by atoms with Crippen LogP contribution in [0.4, 0.5) is 32.6 Å². The Bertz CT molecular complexity index is 454. The molecule has 0 N–H and O–H groups in total. The van der Waals surface area contributed by atoms with Gasteiger partial charge in [0, 0.05) is 0 Å². The third kappa shape index (κ3) is 3.48. The van der Waals surface area contributed by atoms with Crippen LogP contribution in [0.2, 0.25) is 0 Å². The lowest BCUT2D eigenvalue weighted by Crippen LogP contribution is -2.11. The van der Waals surface area contributed by atoms with Crippen molar-refractivity contribution in [2.45, 2.75) is 18.0 Å². The second-order valence-corrected chi connectivity index (χ2v) is 5.91. The average Bonchev–Trinajstić information content (AvgIpc) is 1.96. The molecule has 1 rings (SSSR count). The zero-order valence-corrected chi connectivity index (χ0v) is 8.98. The van der Waals surface area contributed by atoms with Gasteiger partial charge in [-0.2, -0.15) is 13.2 Å². The molecule has 0 radical (unpaired) electrons. The maximum atomic E-state index is 12.3. The van der Waals surface area contributed by atoms with Crippen molar-refractivity contribution in [3.63, 3.8) is 0 Å². The summed E-state index contributed by atoms with van der Waals surface area (Å²) in [5.74, 6) is 0. The molecule has 17 heavy (non-hydrogen) atoms. The second-order valence-electron chi connectivity index (χ2n) is 3.50. The van der Waals surface area contributed by atoms with E-state index in [-0.39, 0.29) is 6.07 Å². The molecular weight excluding hydrogens is 280 g/mol. The van der Waals surface area contributed by atoms with E-state index in [1.54, 1.807) is 0 Å². The highest BCUT2D eigenvalue weighted by molar-refractivity contribution is 8.45. The van der Waals surface area contributed by atoms with Crippen molar-refractivity contribution >= 4 is 10.2 Å². The Morgan fingerprint density at radius 3 is 1.71 bits per heavy atom. The molecule has 0 aliphatic carbocycles. The van der Waals surface area contributed by atoms with Gasteiger partial charge in [-0.05, 0) is 30.7 Å². The molecule has 0 unspecified atom stereocenters. The summed E-state index contributed by atoms with van der Waals surface area (Å²) < 4.78 is 98.2. The summed E-state index contributed by atoms with van der Waals surface area (Å²) in [4.78, 5) is -2.53. The van der Waals surface area contributed by atoms with Gasteiger partial charge in [-0.25, -0.2) is 0 Å². The van der Waals surface area contributed by atoms with Crippen LogP contribution in [0.1, 0.15) is 11.1 Å². The summed E-state index contributed by atoms with van der Waals surface area (Å²) in [6.45, 7) is 0.877. The van der Waals surface area contributed by atoms with E-state index in [0.717, 1.165) is 6.92 Å². The summed E-state index contributed by atoms with van der Waals surface area (Å²) in [6.07, 6.45) is -5.11. The fourth-order valence-electron chi connectivity index (χ4n) is 1.13. The summed E-state index contributed by atoms with van der Waals surface area (Å²) >= 11 is 0. The highest BCUT2D eigenvalue weighted by Crippen LogP contribution is 3.02. The third-order valence-corrected chi connectivity index (χ3v) is 2.95. The Morgan fingerprint density at radius 2 is 1.35 bits per heavy atom. The average molecular weight is 286 g/mol. The first-order valence-electron chi connectivity index (χ1n) is 4.02. The summed E-state index contributed by atoms with van der Waals surface area (Å²) in [7, 11) is -10.1. The van der Waals surface area contributed by atoms with E-state index >= 15 is 0 Å². The van der Waals surface area contributed by atoms with Gasteiger partial charge in [0.2, 0.25) is 0 Å². The highest BCUT2D eigenvalue weighted by Gasteiger charge is 2.65. The first-order valence-corrected chi connectivity index (χ1v) is 5.98. The van der Waals surface area contributed by atoms with Crippen molar-refractivity contribution in [1.82, 2.24) is 0 Å². The Kier molecular flexibility index (Phi) is 2.38. The number of aryl methyl sites for hydroxylation is 1. The molecule has 0 saturated carbocycles. The molecule has 9 heteroatoms. The van der Waals surface area contributed by atoms with Gasteiger partial charge in [-0.1, -0.05) is 19.4 Å². The molecule has 0 fully saturated rings. The predicted molar refractivity (Wildman–Crippen MR) is 47.6 cm³/mol. The molecule has 0 amide bonds. The first-order chi connectivity index (χ1) is 7.09. The molecule has 0 atom stereocenters. The van der Waals surface area contributed by atoms with Crippen LogP contribution >= 0.6 is 10.2 Å². The fourth-order valence-corrected chi connectivity index (χ4v) is 1.89. The van der Waals surface area contributed by atoms with Crippen molar-refractivity contribution in [3.05, 3.63) is 29.3 Å². The quantitative estimate of drug-likeness (QED) is 0.583. The van der Waals surface area contributed by atoms with Crippen LogP contribution in [-0.4, -0.2) is 0 Å². The maximum absolute atomic E-state index is 12.3. The molecule has 1 aromatic rings. The SMILES string of the molecule is Cc1cc(C(F)(F)F)cc(S(F)(F)(F)(F)F)c1. The molecule has 0 aromatic heterocycles. The smallest absolute Gasteiger partial charge is 0.166 e. The third-order valence-electron chi connectivity index (χ3n) is 1.82. The molecular formula is C8H6F8S. The molecule has 0 saturated heterocycles. The summed E-state index contributed by atoms with van der Waals surface area (Å²) in [5, 5.41) is 0. The van der Waals surface area contributed by atoms with E-state index in [4.69, 9.17) is 0 Å². The van der Waals surface area contributed by atoms with Crippen LogP contribution in [0, 0.1) is 6.92 Å². The van der Waals surface area contributed by atoms with Gasteiger partial charge < -0.3 is 0 Å². The molecule has 0 aliphatic heterocycles. The Labute approximate surface area is 91.0 Å². The highest BCUT2D eigenvalue weighted by atomic mass is 32.5. The van der Waals surface area contributed by atoms with Crippen LogP contribution < -0.4 is 0 Å². The minimum atomic E-state index is -10.1. The van der Waals surface area contributed by atoms with E-state index in [9.17, 15) is 32.6 Å². The van der Waals surface area contributed by atoms with Crippen LogP contribution in [0.5, 0.6) is 0 Å². The van der Waals surface area contributed by atoms with Gasteiger partial charge in [-0.15, -0.1) is 0 Å². The number of rotatable bonds is 1. The zero-order chi connectivity index (χ0) is 13.8. The van der Waals surface area contributed by atoms with Crippen LogP contribution in [0.15, 0.2) is 23.1 Å². The second kappa shape index (κ2) is 2.88. The van der Waals surface area contributed by atoms with Gasteiger partial charge in [0.1, 0.15) is 4.90 Å². The molecule has 0 spiro atoms. The van der Waals surface area contributed by atoms with Crippen molar-refractivity contribution in [2.24, 2.45) is 0 Å². The molecule has 0 heterocycles. The normalized spacial score (nSPS) is 17.5. The van der Waals surface area contributed by atoms with Gasteiger partial charge in [0.05, 0.1) is 5.56 Å². The number of hydrogen-bond acceptors (Lipinski definition) is 0. The lowest BCUT2D eigenvalue weighted by molar-refractivity contribution is -0.137. The van der Waals surface area contributed by atoms with E-state index in [2.05, 4.69) is 0 Å². The minimum Gasteiger partial charge on any atom is -0.166 e. The predicted octanol–water partition coefficient (Wildman–Crippen LogP) is 5.67. The van der Waals surface area contributed by atoms with E-state index in [0.29, 0.717) is 6.07 Å². The topological polar surface area (TPSA) is 0 Å². The molecule has 0 bridgehead atoms. The minimum absolute atomic E-state index is 0.00318. The van der Waals surface area contributed by atoms with Gasteiger partial charge in [0.15, 0.2) is 0 Å². The number of hydrogen-bond donors (Lipinski definition) is 0. The standard InChI is InChI=1S/C8H6F8S/c1-5-2-6(8(9,10)11)4-7(3-5)17(12,13,14,15)16/h2-4H,1H3. The number of halogens is 8. The molecule has 100 valence electrons. The van der Waals surface area contributed by atoms with Gasteiger partial charge >= 0.3 is 16.4 Å². The number of benzene rings is 1. The van der Waals surface area contributed by atoms with Crippen molar-refractivity contribution in [1.29, 1.82) is 0 Å². The monoisotopic (exact) mass is 286 g/mol. The Morgan fingerprint density at radius 1 is 0.882 bits per heavy atom. The van der Waals surface area contributed by atoms with Gasteiger partial charge in [0.25, 0.3) is 0 Å². The van der Waals surface area contributed by atoms with Crippen LogP contribution in [0.3, 0.4) is 0 Å². The molecule has 0 aliphatic rings. The van der Waals surface area contributed by atoms with E-state index in [1.807, 2.05) is 0 Å².